The molecular weight excluding hydrogens is 194 g/mol. The van der Waals surface area contributed by atoms with Crippen molar-refractivity contribution in [3.05, 3.63) is 35.4 Å². The number of hydrogen-bond acceptors (Lipinski definition) is 4. The topological polar surface area (TPSA) is 69.4 Å². The van der Waals surface area contributed by atoms with Crippen molar-refractivity contribution >= 4 is 24.0 Å². The Kier molecular flexibility index (Phi) is 3.62. The lowest BCUT2D eigenvalue weighted by Gasteiger charge is -2.03. The van der Waals surface area contributed by atoms with E-state index < -0.39 is 5.97 Å². The maximum absolute atomic E-state index is 11.1. The quantitative estimate of drug-likeness (QED) is 0.349. The Morgan fingerprint density at radius 1 is 1.47 bits per heavy atom. The van der Waals surface area contributed by atoms with Gasteiger partial charge in [0.2, 0.25) is 0 Å². The zero-order valence-electron chi connectivity index (χ0n) is 8.27. The van der Waals surface area contributed by atoms with Gasteiger partial charge in [-0.3, -0.25) is 4.79 Å². The molecule has 15 heavy (non-hydrogen) atoms. The molecule has 0 spiro atoms. The summed E-state index contributed by atoms with van der Waals surface area (Å²) in [4.78, 5) is 21.2. The summed E-state index contributed by atoms with van der Waals surface area (Å²) in [6.07, 6.45) is 3.57. The van der Waals surface area contributed by atoms with Gasteiger partial charge < -0.3 is 10.5 Å². The van der Waals surface area contributed by atoms with E-state index >= 15 is 0 Å². The molecule has 0 fully saturated rings. The number of ether oxygens (including phenoxy) is 1. The number of carbonyl (C=O) groups is 2. The molecule has 1 aromatic carbocycles. The number of methoxy groups -OCH3 is 1. The second-order valence-corrected chi connectivity index (χ2v) is 2.83. The van der Waals surface area contributed by atoms with Crippen LogP contribution in [0.25, 0.3) is 6.08 Å². The number of anilines is 1. The SMILES string of the molecule is COC(=O)c1ccc(C=CC=O)c(N)c1. The summed E-state index contributed by atoms with van der Waals surface area (Å²) >= 11 is 0. The van der Waals surface area contributed by atoms with Gasteiger partial charge in [-0.15, -0.1) is 0 Å². The third kappa shape index (κ3) is 2.67. The van der Waals surface area contributed by atoms with Crippen molar-refractivity contribution in [2.45, 2.75) is 0 Å². The lowest BCUT2D eigenvalue weighted by Crippen LogP contribution is -2.02. The van der Waals surface area contributed by atoms with Gasteiger partial charge in [-0.05, 0) is 29.8 Å². The number of hydrogen-bond donors (Lipinski definition) is 1. The molecule has 0 radical (unpaired) electrons. The maximum Gasteiger partial charge on any atom is 0.337 e. The molecule has 0 bridgehead atoms. The van der Waals surface area contributed by atoms with Gasteiger partial charge in [-0.2, -0.15) is 0 Å². The lowest BCUT2D eigenvalue weighted by molar-refractivity contribution is -0.104. The lowest BCUT2D eigenvalue weighted by atomic mass is 10.1. The van der Waals surface area contributed by atoms with Crippen LogP contribution in [0.15, 0.2) is 24.3 Å². The van der Waals surface area contributed by atoms with E-state index in [2.05, 4.69) is 4.74 Å². The van der Waals surface area contributed by atoms with Gasteiger partial charge in [0.25, 0.3) is 0 Å². The minimum absolute atomic E-state index is 0.387. The summed E-state index contributed by atoms with van der Waals surface area (Å²) in [7, 11) is 1.30. The number of rotatable bonds is 3. The molecule has 2 N–H and O–H groups in total. The smallest absolute Gasteiger partial charge is 0.337 e. The minimum Gasteiger partial charge on any atom is -0.465 e. The van der Waals surface area contributed by atoms with E-state index in [-0.39, 0.29) is 0 Å². The van der Waals surface area contributed by atoms with Crippen molar-refractivity contribution in [2.75, 3.05) is 12.8 Å². The Balaban J connectivity index is 3.02. The van der Waals surface area contributed by atoms with Gasteiger partial charge in [0.1, 0.15) is 6.29 Å². The first-order chi connectivity index (χ1) is 7.19. The standard InChI is InChI=1S/C11H11NO3/c1-15-11(14)9-5-4-8(3-2-6-13)10(12)7-9/h2-7H,12H2,1H3. The molecule has 0 aliphatic carbocycles. The van der Waals surface area contributed by atoms with Crippen molar-refractivity contribution in [3.63, 3.8) is 0 Å². The fraction of sp³-hybridized carbons (Fsp3) is 0.0909. The van der Waals surface area contributed by atoms with Gasteiger partial charge in [0.05, 0.1) is 12.7 Å². The van der Waals surface area contributed by atoms with Crippen molar-refractivity contribution in [2.24, 2.45) is 0 Å². The predicted octanol–water partition coefficient (Wildman–Crippen LogP) is 1.27. The molecule has 1 rings (SSSR count). The Morgan fingerprint density at radius 3 is 2.73 bits per heavy atom. The second kappa shape index (κ2) is 4.95. The van der Waals surface area contributed by atoms with Crippen LogP contribution in [-0.4, -0.2) is 19.4 Å². The summed E-state index contributed by atoms with van der Waals surface area (Å²) in [5.41, 5.74) is 7.18. The average Bonchev–Trinajstić information content (AvgIpc) is 2.26. The summed E-state index contributed by atoms with van der Waals surface area (Å²) in [5.74, 6) is -0.437. The van der Waals surface area contributed by atoms with E-state index in [1.807, 2.05) is 0 Å². The Morgan fingerprint density at radius 2 is 2.20 bits per heavy atom. The van der Waals surface area contributed by atoms with Gasteiger partial charge in [0, 0.05) is 5.69 Å². The van der Waals surface area contributed by atoms with E-state index in [0.717, 1.165) is 0 Å². The van der Waals surface area contributed by atoms with Gasteiger partial charge in [0.15, 0.2) is 0 Å². The molecule has 0 aliphatic rings. The van der Waals surface area contributed by atoms with E-state index in [9.17, 15) is 9.59 Å². The Bertz CT molecular complexity index is 410. The van der Waals surface area contributed by atoms with E-state index in [1.165, 1.54) is 19.3 Å². The fourth-order valence-electron chi connectivity index (χ4n) is 1.11. The molecule has 4 nitrogen and oxygen atoms in total. The molecule has 0 unspecified atom stereocenters. The number of aldehydes is 1. The molecule has 0 saturated heterocycles. The predicted molar refractivity (Wildman–Crippen MR) is 57.3 cm³/mol. The highest BCUT2D eigenvalue weighted by Gasteiger charge is 2.06. The van der Waals surface area contributed by atoms with Crippen LogP contribution in [0.4, 0.5) is 5.69 Å². The van der Waals surface area contributed by atoms with Crippen LogP contribution in [0.2, 0.25) is 0 Å². The highest BCUT2D eigenvalue weighted by Crippen LogP contribution is 2.16. The molecule has 1 aromatic rings. The summed E-state index contributed by atoms with van der Waals surface area (Å²) in [6, 6.07) is 4.75. The van der Waals surface area contributed by atoms with Crippen LogP contribution in [0.3, 0.4) is 0 Å². The molecule has 0 heterocycles. The Hall–Kier alpha value is -2.10. The molecule has 0 atom stereocenters. The van der Waals surface area contributed by atoms with Crippen LogP contribution in [0.1, 0.15) is 15.9 Å². The van der Waals surface area contributed by atoms with Crippen LogP contribution in [0.5, 0.6) is 0 Å². The van der Waals surface area contributed by atoms with Crippen LogP contribution >= 0.6 is 0 Å². The van der Waals surface area contributed by atoms with Crippen molar-refractivity contribution in [1.82, 2.24) is 0 Å². The molecule has 0 aliphatic heterocycles. The summed E-state index contributed by atoms with van der Waals surface area (Å²) < 4.78 is 4.54. The zero-order chi connectivity index (χ0) is 11.3. The second-order valence-electron chi connectivity index (χ2n) is 2.83. The molecule has 4 heteroatoms. The van der Waals surface area contributed by atoms with E-state index in [4.69, 9.17) is 5.73 Å². The number of carbonyl (C=O) groups excluding carboxylic acids is 2. The molecule has 0 amide bonds. The molecule has 78 valence electrons. The summed E-state index contributed by atoms with van der Waals surface area (Å²) in [5, 5.41) is 0. The fourth-order valence-corrected chi connectivity index (χ4v) is 1.11. The average molecular weight is 205 g/mol. The van der Waals surface area contributed by atoms with Gasteiger partial charge in [-0.1, -0.05) is 6.07 Å². The minimum atomic E-state index is -0.437. The van der Waals surface area contributed by atoms with Crippen molar-refractivity contribution in [1.29, 1.82) is 0 Å². The molecule has 0 aromatic heterocycles. The first kappa shape index (κ1) is 11.0. The first-order valence-electron chi connectivity index (χ1n) is 4.28. The molecule has 0 saturated carbocycles. The zero-order valence-corrected chi connectivity index (χ0v) is 8.27. The van der Waals surface area contributed by atoms with E-state index in [1.54, 1.807) is 18.2 Å². The van der Waals surface area contributed by atoms with Crippen molar-refractivity contribution < 1.29 is 14.3 Å². The Labute approximate surface area is 87.3 Å². The first-order valence-corrected chi connectivity index (χ1v) is 4.28. The van der Waals surface area contributed by atoms with Gasteiger partial charge >= 0.3 is 5.97 Å². The van der Waals surface area contributed by atoms with Crippen LogP contribution in [0, 0.1) is 0 Å². The number of benzene rings is 1. The van der Waals surface area contributed by atoms with E-state index in [0.29, 0.717) is 23.1 Å². The third-order valence-corrected chi connectivity index (χ3v) is 1.86. The van der Waals surface area contributed by atoms with Crippen LogP contribution < -0.4 is 5.73 Å². The summed E-state index contributed by atoms with van der Waals surface area (Å²) in [6.45, 7) is 0. The number of allylic oxidation sites excluding steroid dienone is 1. The number of nitrogens with two attached hydrogens (primary N) is 1. The molecular formula is C11H11NO3. The highest BCUT2D eigenvalue weighted by atomic mass is 16.5. The number of esters is 1. The maximum atomic E-state index is 11.1. The normalized spacial score (nSPS) is 10.2. The third-order valence-electron chi connectivity index (χ3n) is 1.86. The van der Waals surface area contributed by atoms with Crippen LogP contribution in [-0.2, 0) is 9.53 Å². The van der Waals surface area contributed by atoms with Gasteiger partial charge in [-0.25, -0.2) is 4.79 Å². The number of nitrogen functional groups attached to an aromatic ring is 1. The monoisotopic (exact) mass is 205 g/mol. The van der Waals surface area contributed by atoms with Crippen molar-refractivity contribution in [3.8, 4) is 0 Å². The highest BCUT2D eigenvalue weighted by molar-refractivity contribution is 5.91. The largest absolute Gasteiger partial charge is 0.465 e.